The second-order valence-corrected chi connectivity index (χ2v) is 4.49. The zero-order valence-corrected chi connectivity index (χ0v) is 13.2. The molecule has 1 amide bonds. The summed E-state index contributed by atoms with van der Waals surface area (Å²) in [5.74, 6) is -0.425. The lowest BCUT2D eigenvalue weighted by atomic mass is 10.3. The first-order valence-electron chi connectivity index (χ1n) is 7.19. The molecule has 0 bridgehead atoms. The zero-order chi connectivity index (χ0) is 15.5. The molecule has 6 nitrogen and oxygen atoms in total. The van der Waals surface area contributed by atoms with Crippen molar-refractivity contribution in [1.82, 2.24) is 15.4 Å². The molecule has 0 atom stereocenters. The highest BCUT2D eigenvalue weighted by molar-refractivity contribution is 5.90. The van der Waals surface area contributed by atoms with E-state index < -0.39 is 11.5 Å². The summed E-state index contributed by atoms with van der Waals surface area (Å²) in [6, 6.07) is 1.86. The number of amides is 1. The first kappa shape index (κ1) is 18.4. The second kappa shape index (κ2) is 10.3. The maximum atomic E-state index is 10.7. The summed E-state index contributed by atoms with van der Waals surface area (Å²) in [7, 11) is 1.45. The summed E-state index contributed by atoms with van der Waals surface area (Å²) in [5.41, 5.74) is -0.418. The van der Waals surface area contributed by atoms with Crippen LogP contribution in [0.3, 0.4) is 0 Å². The van der Waals surface area contributed by atoms with Crippen molar-refractivity contribution >= 4 is 5.91 Å². The van der Waals surface area contributed by atoms with Gasteiger partial charge >= 0.3 is 0 Å². The maximum Gasteiger partial charge on any atom is 0.289 e. The Balaban J connectivity index is 0.000000327. The molecule has 0 saturated carbocycles. The Morgan fingerprint density at radius 2 is 1.90 bits per heavy atom. The Kier molecular flexibility index (Phi) is 9.45. The lowest BCUT2D eigenvalue weighted by Gasteiger charge is -2.18. The Hall–Kier alpha value is -1.56. The van der Waals surface area contributed by atoms with Crippen molar-refractivity contribution in [2.45, 2.75) is 46.6 Å². The van der Waals surface area contributed by atoms with E-state index in [9.17, 15) is 9.59 Å². The van der Waals surface area contributed by atoms with Crippen molar-refractivity contribution in [3.8, 4) is 0 Å². The SMILES string of the molecule is CC.CC(C)N1CCCC1.CNC(=O)c1cc(=O)[nH]o1. The summed E-state index contributed by atoms with van der Waals surface area (Å²) >= 11 is 0. The van der Waals surface area contributed by atoms with E-state index in [4.69, 9.17) is 0 Å². The minimum absolute atomic E-state index is 0.00694. The van der Waals surface area contributed by atoms with Gasteiger partial charge in [-0.15, -0.1) is 0 Å². The van der Waals surface area contributed by atoms with Gasteiger partial charge in [0.15, 0.2) is 0 Å². The van der Waals surface area contributed by atoms with Gasteiger partial charge in [0, 0.05) is 13.1 Å². The number of H-pyrrole nitrogens is 1. The number of aromatic nitrogens is 1. The van der Waals surface area contributed by atoms with Crippen molar-refractivity contribution in [2.24, 2.45) is 0 Å². The smallest absolute Gasteiger partial charge is 0.289 e. The van der Waals surface area contributed by atoms with Crippen LogP contribution in [-0.4, -0.2) is 42.1 Å². The van der Waals surface area contributed by atoms with Crippen LogP contribution < -0.4 is 10.9 Å². The molecule has 2 rings (SSSR count). The Bertz CT molecular complexity index is 417. The van der Waals surface area contributed by atoms with Crippen molar-refractivity contribution in [1.29, 1.82) is 0 Å². The molecular weight excluding hydrogens is 258 g/mol. The lowest BCUT2D eigenvalue weighted by molar-refractivity contribution is 0.0926. The molecule has 0 spiro atoms. The number of rotatable bonds is 2. The van der Waals surface area contributed by atoms with Gasteiger partial charge in [0.1, 0.15) is 0 Å². The summed E-state index contributed by atoms with van der Waals surface area (Å²) in [6.45, 7) is 11.2. The first-order valence-corrected chi connectivity index (χ1v) is 7.19. The molecule has 0 unspecified atom stereocenters. The van der Waals surface area contributed by atoms with E-state index in [-0.39, 0.29) is 5.76 Å². The Morgan fingerprint density at radius 1 is 1.35 bits per heavy atom. The molecule has 1 aliphatic rings. The van der Waals surface area contributed by atoms with E-state index in [0.29, 0.717) is 0 Å². The Labute approximate surface area is 120 Å². The average molecular weight is 285 g/mol. The van der Waals surface area contributed by atoms with Crippen molar-refractivity contribution in [3.63, 3.8) is 0 Å². The van der Waals surface area contributed by atoms with E-state index in [1.165, 1.54) is 33.0 Å². The monoisotopic (exact) mass is 285 g/mol. The topological polar surface area (TPSA) is 78.3 Å². The predicted octanol–water partition coefficient (Wildman–Crippen LogP) is 1.84. The third-order valence-electron chi connectivity index (χ3n) is 2.85. The molecule has 1 fully saturated rings. The zero-order valence-electron chi connectivity index (χ0n) is 13.2. The van der Waals surface area contributed by atoms with Gasteiger partial charge in [-0.1, -0.05) is 13.8 Å². The molecule has 0 aliphatic carbocycles. The van der Waals surface area contributed by atoms with Gasteiger partial charge in [-0.3, -0.25) is 9.59 Å². The van der Waals surface area contributed by atoms with Crippen LogP contribution in [0.5, 0.6) is 0 Å². The van der Waals surface area contributed by atoms with Crippen LogP contribution in [0.2, 0.25) is 0 Å². The number of nitrogens with zero attached hydrogens (tertiary/aromatic N) is 1. The lowest BCUT2D eigenvalue weighted by Crippen LogP contribution is -2.26. The van der Waals surface area contributed by atoms with E-state index in [2.05, 4.69) is 28.6 Å². The third-order valence-corrected chi connectivity index (χ3v) is 2.85. The first-order chi connectivity index (χ1) is 9.54. The number of likely N-dealkylation sites (tertiary alicyclic amines) is 1. The molecule has 1 saturated heterocycles. The highest BCUT2D eigenvalue weighted by atomic mass is 16.5. The van der Waals surface area contributed by atoms with Crippen molar-refractivity contribution in [2.75, 3.05) is 20.1 Å². The summed E-state index contributed by atoms with van der Waals surface area (Å²) < 4.78 is 4.47. The van der Waals surface area contributed by atoms with Gasteiger partial charge < -0.3 is 14.7 Å². The van der Waals surface area contributed by atoms with E-state index in [1.54, 1.807) is 0 Å². The number of carbonyl (C=O) groups excluding carboxylic acids is 1. The minimum atomic E-state index is -0.418. The highest BCUT2D eigenvalue weighted by Crippen LogP contribution is 2.09. The van der Waals surface area contributed by atoms with Gasteiger partial charge in [0.05, 0.1) is 6.07 Å². The van der Waals surface area contributed by atoms with Crippen LogP contribution in [0.4, 0.5) is 0 Å². The van der Waals surface area contributed by atoms with E-state index in [1.807, 2.05) is 19.0 Å². The maximum absolute atomic E-state index is 10.7. The van der Waals surface area contributed by atoms with Gasteiger partial charge in [0.25, 0.3) is 11.5 Å². The van der Waals surface area contributed by atoms with Gasteiger partial charge in [0.2, 0.25) is 5.76 Å². The fraction of sp³-hybridized carbons (Fsp3) is 0.714. The van der Waals surface area contributed by atoms with E-state index in [0.717, 1.165) is 12.1 Å². The quantitative estimate of drug-likeness (QED) is 0.869. The summed E-state index contributed by atoms with van der Waals surface area (Å²) in [4.78, 5) is 23.6. The van der Waals surface area contributed by atoms with Gasteiger partial charge in [-0.25, -0.2) is 0 Å². The number of hydrogen-bond donors (Lipinski definition) is 2. The molecule has 6 heteroatoms. The second-order valence-electron chi connectivity index (χ2n) is 4.49. The van der Waals surface area contributed by atoms with Crippen molar-refractivity contribution in [3.05, 3.63) is 22.2 Å². The number of carbonyl (C=O) groups is 1. The number of aromatic amines is 1. The molecule has 0 radical (unpaired) electrons. The predicted molar refractivity (Wildman–Crippen MR) is 80.0 cm³/mol. The molecule has 1 aromatic rings. The van der Waals surface area contributed by atoms with Crippen LogP contribution >= 0.6 is 0 Å². The minimum Gasteiger partial charge on any atom is -0.373 e. The molecule has 2 heterocycles. The van der Waals surface area contributed by atoms with Crippen molar-refractivity contribution < 1.29 is 9.32 Å². The van der Waals surface area contributed by atoms with Crippen LogP contribution in [0.25, 0.3) is 0 Å². The average Bonchev–Trinajstić information content (AvgIpc) is 3.12. The summed E-state index contributed by atoms with van der Waals surface area (Å²) in [6.07, 6.45) is 2.83. The molecule has 1 aromatic heterocycles. The van der Waals surface area contributed by atoms with Crippen LogP contribution in [0.1, 0.15) is 51.1 Å². The number of nitrogens with one attached hydrogen (secondary N) is 2. The third kappa shape index (κ3) is 6.56. The Morgan fingerprint density at radius 3 is 2.20 bits per heavy atom. The van der Waals surface area contributed by atoms with Crippen LogP contribution in [-0.2, 0) is 0 Å². The molecule has 0 aromatic carbocycles. The molecule has 1 aliphatic heterocycles. The highest BCUT2D eigenvalue weighted by Gasteiger charge is 2.13. The van der Waals surface area contributed by atoms with Crippen LogP contribution in [0, 0.1) is 0 Å². The molecular formula is C14H27N3O3. The fourth-order valence-electron chi connectivity index (χ4n) is 1.78. The normalized spacial score (nSPS) is 14.1. The standard InChI is InChI=1S/C7H15N.C5H6N2O3.C2H6/c1-7(2)8-5-3-4-6-8;1-6-5(9)3-2-4(8)7-10-3;1-2/h7H,3-6H2,1-2H3;2H,1H3,(H,6,9)(H,7,8);1-2H3. The molecule has 116 valence electrons. The van der Waals surface area contributed by atoms with E-state index >= 15 is 0 Å². The number of hydrogen-bond acceptors (Lipinski definition) is 4. The molecule has 20 heavy (non-hydrogen) atoms. The molecule has 2 N–H and O–H groups in total. The van der Waals surface area contributed by atoms with Gasteiger partial charge in [-0.2, -0.15) is 5.16 Å². The largest absolute Gasteiger partial charge is 0.373 e. The summed E-state index contributed by atoms with van der Waals surface area (Å²) in [5, 5.41) is 4.30. The van der Waals surface area contributed by atoms with Crippen LogP contribution in [0.15, 0.2) is 15.4 Å². The fourth-order valence-corrected chi connectivity index (χ4v) is 1.78. The van der Waals surface area contributed by atoms with Gasteiger partial charge in [-0.05, 0) is 39.8 Å².